The van der Waals surface area contributed by atoms with Gasteiger partial charge in [-0.15, -0.1) is 0 Å². The molecule has 0 saturated carbocycles. The first kappa shape index (κ1) is 19.3. The zero-order valence-corrected chi connectivity index (χ0v) is 8.58. The van der Waals surface area contributed by atoms with Crippen LogP contribution in [0.1, 0.15) is 12.8 Å². The first-order valence-corrected chi connectivity index (χ1v) is 4.32. The zero-order chi connectivity index (χ0) is 13.6. The van der Waals surface area contributed by atoms with Crippen molar-refractivity contribution in [3.63, 3.8) is 0 Å². The van der Waals surface area contributed by atoms with Crippen LogP contribution >= 0.6 is 0 Å². The van der Waals surface area contributed by atoms with E-state index in [1.54, 1.807) is 0 Å². The Kier molecular flexibility index (Phi) is 8.77. The van der Waals surface area contributed by atoms with Crippen LogP contribution in [0.4, 0.5) is 0 Å². The third-order valence-corrected chi connectivity index (χ3v) is 1.67. The molecule has 0 aromatic rings. The normalized spacial score (nSPS) is 12.8. The van der Waals surface area contributed by atoms with Gasteiger partial charge in [-0.05, 0) is 0 Å². The van der Waals surface area contributed by atoms with Crippen molar-refractivity contribution in [3.05, 3.63) is 0 Å². The molecule has 0 aromatic heterocycles. The van der Waals surface area contributed by atoms with Gasteiger partial charge in [-0.25, -0.2) is 4.79 Å². The first-order valence-electron chi connectivity index (χ1n) is 4.32. The molecule has 9 nitrogen and oxygen atoms in total. The van der Waals surface area contributed by atoms with Gasteiger partial charge in [-0.2, -0.15) is 0 Å². The van der Waals surface area contributed by atoms with Crippen LogP contribution in [-0.2, 0) is 23.9 Å². The summed E-state index contributed by atoms with van der Waals surface area (Å²) < 4.78 is 4.01. The fourth-order valence-electron chi connectivity index (χ4n) is 0.907. The molecule has 0 rings (SSSR count). The summed E-state index contributed by atoms with van der Waals surface area (Å²) in [5.41, 5.74) is 2.00. The number of esters is 2. The summed E-state index contributed by atoms with van der Waals surface area (Å²) in [6, 6.07) is 0. The third-order valence-electron chi connectivity index (χ3n) is 1.67. The van der Waals surface area contributed by atoms with Crippen molar-refractivity contribution in [2.45, 2.75) is 18.4 Å². The molecule has 0 amide bonds. The van der Waals surface area contributed by atoms with Gasteiger partial charge in [0.25, 0.3) is 0 Å². The van der Waals surface area contributed by atoms with Gasteiger partial charge in [-0.1, -0.05) is 0 Å². The van der Waals surface area contributed by atoms with Crippen LogP contribution in [0.25, 0.3) is 0 Å². The number of aliphatic hydroxyl groups is 1. The van der Waals surface area contributed by atoms with Crippen LogP contribution in [0.15, 0.2) is 0 Å². The number of hydrogen-bond donors (Lipinski definition) is 4. The second kappa shape index (κ2) is 8.16. The maximum atomic E-state index is 11.0. The van der Waals surface area contributed by atoms with E-state index in [2.05, 4.69) is 4.74 Å². The molecular weight excluding hydrogens is 261 g/mol. The topological polar surface area (TPSA) is 164 Å². The Bertz CT molecular complexity index is 357. The minimum atomic E-state index is -2.82. The number of ether oxygens (including phenoxy) is 1. The predicted octanol–water partition coefficient (Wildman–Crippen LogP) is -2.95. The van der Waals surface area contributed by atoms with Crippen molar-refractivity contribution in [1.29, 1.82) is 0 Å². The van der Waals surface area contributed by atoms with Gasteiger partial charge in [-0.3, -0.25) is 14.4 Å². The SMILES string of the molecule is NCC(=O)OC(=O)CC(O)(CC(=O)O)C(=O)O.[NaH]. The number of nitrogens with two attached hydrogens (primary N) is 1. The minimum absolute atomic E-state index is 0. The molecule has 1 unspecified atom stereocenters. The van der Waals surface area contributed by atoms with Gasteiger partial charge in [0.15, 0.2) is 5.60 Å². The Balaban J connectivity index is 0. The van der Waals surface area contributed by atoms with E-state index in [9.17, 15) is 24.3 Å². The van der Waals surface area contributed by atoms with Crippen LogP contribution in [0.5, 0.6) is 0 Å². The van der Waals surface area contributed by atoms with Crippen LogP contribution in [0.2, 0.25) is 0 Å². The summed E-state index contributed by atoms with van der Waals surface area (Å²) in [4.78, 5) is 42.5. The van der Waals surface area contributed by atoms with Crippen LogP contribution < -0.4 is 5.73 Å². The van der Waals surface area contributed by atoms with Crippen molar-refractivity contribution in [2.24, 2.45) is 5.73 Å². The summed E-state index contributed by atoms with van der Waals surface area (Å²) in [7, 11) is 0. The molecule has 0 aliphatic carbocycles. The molecule has 0 aromatic carbocycles. The maximum absolute atomic E-state index is 11.0. The third kappa shape index (κ3) is 6.67. The van der Waals surface area contributed by atoms with Crippen LogP contribution in [0.3, 0.4) is 0 Å². The molecule has 0 spiro atoms. The van der Waals surface area contributed by atoms with Gasteiger partial charge in [0.05, 0.1) is 19.4 Å². The fraction of sp³-hybridized carbons (Fsp3) is 0.500. The van der Waals surface area contributed by atoms with E-state index in [0.29, 0.717) is 0 Å². The molecule has 0 bridgehead atoms. The second-order valence-electron chi connectivity index (χ2n) is 3.13. The van der Waals surface area contributed by atoms with E-state index in [1.165, 1.54) is 0 Å². The number of carboxylic acid groups (broad SMARTS) is 2. The molecule has 0 aliphatic rings. The molecule has 0 heterocycles. The Morgan fingerprint density at radius 1 is 1.06 bits per heavy atom. The summed E-state index contributed by atoms with van der Waals surface area (Å²) in [6.07, 6.45) is -2.37. The number of aliphatic carboxylic acids is 2. The Morgan fingerprint density at radius 2 is 1.56 bits per heavy atom. The molecule has 10 heteroatoms. The quantitative estimate of drug-likeness (QED) is 0.225. The van der Waals surface area contributed by atoms with Gasteiger partial charge < -0.3 is 25.8 Å². The molecule has 1 atom stereocenters. The van der Waals surface area contributed by atoms with E-state index in [1.807, 2.05) is 0 Å². The van der Waals surface area contributed by atoms with Crippen molar-refractivity contribution < 1.29 is 39.2 Å². The molecule has 18 heavy (non-hydrogen) atoms. The van der Waals surface area contributed by atoms with E-state index >= 15 is 0 Å². The van der Waals surface area contributed by atoms with Crippen LogP contribution in [-0.4, -0.2) is 80.9 Å². The standard InChI is InChI=1S/C8H11NO8.Na.H/c9-3-6(13)17-5(12)2-8(16,7(14)15)1-4(10)11;;/h16H,1-3,9H2,(H,10,11)(H,14,15);;. The van der Waals surface area contributed by atoms with Crippen molar-refractivity contribution in [3.8, 4) is 0 Å². The first-order chi connectivity index (χ1) is 7.71. The van der Waals surface area contributed by atoms with Crippen molar-refractivity contribution in [1.82, 2.24) is 0 Å². The van der Waals surface area contributed by atoms with Gasteiger partial charge in [0.2, 0.25) is 0 Å². The average molecular weight is 273 g/mol. The monoisotopic (exact) mass is 273 g/mol. The van der Waals surface area contributed by atoms with Crippen LogP contribution in [0, 0.1) is 0 Å². The van der Waals surface area contributed by atoms with Crippen molar-refractivity contribution >= 4 is 53.4 Å². The van der Waals surface area contributed by atoms with E-state index in [-0.39, 0.29) is 29.6 Å². The summed E-state index contributed by atoms with van der Waals surface area (Å²) >= 11 is 0. The van der Waals surface area contributed by atoms with Gasteiger partial charge >= 0.3 is 53.4 Å². The molecule has 98 valence electrons. The zero-order valence-electron chi connectivity index (χ0n) is 8.58. The molecular formula is C8H12NNaO8. The fourth-order valence-corrected chi connectivity index (χ4v) is 0.907. The molecule has 0 radical (unpaired) electrons. The summed E-state index contributed by atoms with van der Waals surface area (Å²) in [6.45, 7) is -0.601. The number of rotatable bonds is 6. The van der Waals surface area contributed by atoms with Gasteiger partial charge in [0.1, 0.15) is 0 Å². The molecule has 0 saturated heterocycles. The van der Waals surface area contributed by atoms with E-state index in [4.69, 9.17) is 15.9 Å². The number of carbonyl (C=O) groups excluding carboxylic acids is 2. The summed E-state index contributed by atoms with van der Waals surface area (Å²) in [5.74, 6) is -6.01. The number of carbonyl (C=O) groups is 4. The second-order valence-corrected chi connectivity index (χ2v) is 3.13. The molecule has 5 N–H and O–H groups in total. The Morgan fingerprint density at radius 3 is 1.89 bits per heavy atom. The Labute approximate surface area is 123 Å². The van der Waals surface area contributed by atoms with Gasteiger partial charge in [0, 0.05) is 0 Å². The number of hydrogen-bond acceptors (Lipinski definition) is 7. The van der Waals surface area contributed by atoms with E-state index < -0.39 is 48.9 Å². The van der Waals surface area contributed by atoms with E-state index in [0.717, 1.165) is 0 Å². The average Bonchev–Trinajstić information content (AvgIpc) is 2.15. The number of carboxylic acids is 2. The summed E-state index contributed by atoms with van der Waals surface area (Å²) in [5, 5.41) is 26.4. The molecule has 0 fully saturated rings. The van der Waals surface area contributed by atoms with Crippen molar-refractivity contribution in [2.75, 3.05) is 6.54 Å². The Hall–Kier alpha value is -1.00. The predicted molar refractivity (Wildman–Crippen MR) is 56.8 cm³/mol. The molecule has 0 aliphatic heterocycles.